The number of methoxy groups -OCH3 is 1. The van der Waals surface area contributed by atoms with E-state index in [1.807, 2.05) is 24.3 Å². The number of para-hydroxylation sites is 1. The molecule has 0 aromatic heterocycles. The molecule has 1 rings (SSSR count). The van der Waals surface area contributed by atoms with Crippen molar-refractivity contribution >= 4 is 11.9 Å². The van der Waals surface area contributed by atoms with Crippen molar-refractivity contribution in [2.24, 2.45) is 4.99 Å². The van der Waals surface area contributed by atoms with Crippen molar-refractivity contribution < 1.29 is 9.53 Å². The lowest BCUT2D eigenvalue weighted by Gasteiger charge is -2.14. The fraction of sp³-hybridized carbons (Fsp3) is 0.375. The number of carbonyl (C=O) groups is 1. The zero-order chi connectivity index (χ0) is 16.4. The lowest BCUT2D eigenvalue weighted by atomic mass is 10.2. The molecule has 1 amide bonds. The molecule has 0 bridgehead atoms. The number of nitrogens with zero attached hydrogens (tertiary/aromatic N) is 2. The summed E-state index contributed by atoms with van der Waals surface area (Å²) in [5, 5.41) is 6.08. The number of rotatable bonds is 7. The van der Waals surface area contributed by atoms with Crippen molar-refractivity contribution in [2.45, 2.75) is 6.54 Å². The Morgan fingerprint density at radius 3 is 2.73 bits per heavy atom. The monoisotopic (exact) mass is 304 g/mol. The average Bonchev–Trinajstić information content (AvgIpc) is 2.53. The van der Waals surface area contributed by atoms with Crippen molar-refractivity contribution in [3.63, 3.8) is 0 Å². The Kier molecular flexibility index (Phi) is 7.53. The summed E-state index contributed by atoms with van der Waals surface area (Å²) < 4.78 is 5.30. The number of benzene rings is 1. The van der Waals surface area contributed by atoms with Crippen LogP contribution >= 0.6 is 0 Å². The maximum absolute atomic E-state index is 11.6. The van der Waals surface area contributed by atoms with Gasteiger partial charge in [0, 0.05) is 26.2 Å². The third kappa shape index (κ3) is 5.87. The van der Waals surface area contributed by atoms with Crippen molar-refractivity contribution in [1.29, 1.82) is 0 Å². The van der Waals surface area contributed by atoms with Crippen LogP contribution in [0.1, 0.15) is 5.56 Å². The topological polar surface area (TPSA) is 66.0 Å². The van der Waals surface area contributed by atoms with Gasteiger partial charge in [-0.25, -0.2) is 4.99 Å². The van der Waals surface area contributed by atoms with Crippen molar-refractivity contribution in [3.8, 4) is 5.75 Å². The Labute approximate surface area is 131 Å². The fourth-order valence-corrected chi connectivity index (χ4v) is 1.66. The highest BCUT2D eigenvalue weighted by molar-refractivity contribution is 5.86. The predicted molar refractivity (Wildman–Crippen MR) is 89.0 cm³/mol. The van der Waals surface area contributed by atoms with Gasteiger partial charge >= 0.3 is 0 Å². The van der Waals surface area contributed by atoms with E-state index in [0.717, 1.165) is 11.3 Å². The number of guanidine groups is 1. The highest BCUT2D eigenvalue weighted by Gasteiger charge is 2.06. The van der Waals surface area contributed by atoms with Gasteiger partial charge in [-0.1, -0.05) is 24.3 Å². The average molecular weight is 304 g/mol. The summed E-state index contributed by atoms with van der Waals surface area (Å²) in [5.41, 5.74) is 0.976. The summed E-state index contributed by atoms with van der Waals surface area (Å²) >= 11 is 0. The molecule has 0 unspecified atom stereocenters. The third-order valence-electron chi connectivity index (χ3n) is 2.92. The second-order valence-electron chi connectivity index (χ2n) is 4.79. The lowest BCUT2D eigenvalue weighted by Crippen LogP contribution is -2.43. The van der Waals surface area contributed by atoms with Gasteiger partial charge in [0.1, 0.15) is 5.75 Å². The number of aliphatic imine (C=N–C) groups is 1. The highest BCUT2D eigenvalue weighted by Crippen LogP contribution is 2.17. The first kappa shape index (κ1) is 17.6. The van der Waals surface area contributed by atoms with E-state index in [2.05, 4.69) is 22.2 Å². The molecule has 2 N–H and O–H groups in total. The molecule has 0 fully saturated rings. The van der Waals surface area contributed by atoms with Gasteiger partial charge in [-0.05, 0) is 6.07 Å². The van der Waals surface area contributed by atoms with Crippen molar-refractivity contribution in [1.82, 2.24) is 15.5 Å². The van der Waals surface area contributed by atoms with Crippen LogP contribution in [0.5, 0.6) is 5.75 Å². The summed E-state index contributed by atoms with van der Waals surface area (Å²) in [4.78, 5) is 17.6. The standard InChI is InChI=1S/C16H24N4O2/c1-5-10-17-16(19-12-15(21)20(2)3)18-11-13-8-6-7-9-14(13)22-4/h5-9H,1,10-12H2,2-4H3,(H2,17,18,19). The van der Waals surface area contributed by atoms with Crippen LogP contribution in [0.15, 0.2) is 41.9 Å². The van der Waals surface area contributed by atoms with Crippen LogP contribution in [0.3, 0.4) is 0 Å². The Bertz CT molecular complexity index is 527. The van der Waals surface area contributed by atoms with E-state index in [1.54, 1.807) is 27.3 Å². The van der Waals surface area contributed by atoms with Crippen LogP contribution in [0, 0.1) is 0 Å². The lowest BCUT2D eigenvalue weighted by molar-refractivity contribution is -0.127. The first-order valence-electron chi connectivity index (χ1n) is 7.03. The minimum Gasteiger partial charge on any atom is -0.496 e. The van der Waals surface area contributed by atoms with Crippen molar-refractivity contribution in [2.75, 3.05) is 34.3 Å². The molecule has 22 heavy (non-hydrogen) atoms. The van der Waals surface area contributed by atoms with E-state index in [4.69, 9.17) is 4.74 Å². The van der Waals surface area contributed by atoms with Gasteiger partial charge in [-0.2, -0.15) is 0 Å². The number of nitrogens with one attached hydrogen (secondary N) is 2. The quantitative estimate of drug-likeness (QED) is 0.448. The van der Waals surface area contributed by atoms with Gasteiger partial charge in [0.25, 0.3) is 0 Å². The Morgan fingerprint density at radius 1 is 1.36 bits per heavy atom. The molecule has 0 radical (unpaired) electrons. The Hall–Kier alpha value is -2.50. The molecule has 1 aromatic rings. The molecular weight excluding hydrogens is 280 g/mol. The van der Waals surface area contributed by atoms with E-state index < -0.39 is 0 Å². The van der Waals surface area contributed by atoms with Gasteiger partial charge in [-0.15, -0.1) is 6.58 Å². The molecule has 0 aliphatic rings. The van der Waals surface area contributed by atoms with E-state index >= 15 is 0 Å². The number of likely N-dealkylation sites (N-methyl/N-ethyl adjacent to an activating group) is 1. The molecule has 0 saturated carbocycles. The van der Waals surface area contributed by atoms with Gasteiger partial charge in [0.2, 0.25) is 5.91 Å². The number of amides is 1. The number of hydrogen-bond acceptors (Lipinski definition) is 3. The van der Waals surface area contributed by atoms with Gasteiger partial charge < -0.3 is 20.3 Å². The molecule has 6 nitrogen and oxygen atoms in total. The smallest absolute Gasteiger partial charge is 0.241 e. The minimum absolute atomic E-state index is 0.0228. The van der Waals surface area contributed by atoms with Crippen LogP contribution in [-0.2, 0) is 11.3 Å². The zero-order valence-electron chi connectivity index (χ0n) is 13.4. The van der Waals surface area contributed by atoms with Crippen LogP contribution in [0.4, 0.5) is 0 Å². The molecule has 0 spiro atoms. The summed E-state index contributed by atoms with van der Waals surface area (Å²) in [7, 11) is 5.06. The molecule has 120 valence electrons. The van der Waals surface area contributed by atoms with Crippen LogP contribution < -0.4 is 15.4 Å². The molecular formula is C16H24N4O2. The zero-order valence-corrected chi connectivity index (χ0v) is 13.4. The summed E-state index contributed by atoms with van der Waals surface area (Å²) in [6.45, 7) is 4.86. The molecule has 6 heteroatoms. The predicted octanol–water partition coefficient (Wildman–Crippen LogP) is 1.00. The first-order valence-corrected chi connectivity index (χ1v) is 7.03. The highest BCUT2D eigenvalue weighted by atomic mass is 16.5. The Balaban J connectivity index is 2.73. The molecule has 1 aromatic carbocycles. The molecule has 0 atom stereocenters. The third-order valence-corrected chi connectivity index (χ3v) is 2.92. The number of ether oxygens (including phenoxy) is 1. The molecule has 0 saturated heterocycles. The minimum atomic E-state index is -0.0228. The van der Waals surface area contributed by atoms with Gasteiger partial charge in [0.05, 0.1) is 20.2 Å². The summed E-state index contributed by atoms with van der Waals surface area (Å²) in [6.07, 6.45) is 1.73. The fourth-order valence-electron chi connectivity index (χ4n) is 1.66. The summed E-state index contributed by atoms with van der Waals surface area (Å²) in [5.74, 6) is 1.32. The van der Waals surface area contributed by atoms with E-state index in [-0.39, 0.29) is 12.5 Å². The van der Waals surface area contributed by atoms with Gasteiger partial charge in [-0.3, -0.25) is 4.79 Å². The maximum Gasteiger partial charge on any atom is 0.241 e. The van der Waals surface area contributed by atoms with Crippen LogP contribution in [-0.4, -0.2) is 51.1 Å². The first-order chi connectivity index (χ1) is 10.6. The molecule has 0 aliphatic heterocycles. The molecule has 0 aliphatic carbocycles. The number of carbonyl (C=O) groups excluding carboxylic acids is 1. The van der Waals surface area contributed by atoms with Crippen LogP contribution in [0.25, 0.3) is 0 Å². The number of hydrogen-bond donors (Lipinski definition) is 2. The van der Waals surface area contributed by atoms with Crippen LogP contribution in [0.2, 0.25) is 0 Å². The molecule has 0 heterocycles. The second kappa shape index (κ2) is 9.44. The largest absolute Gasteiger partial charge is 0.496 e. The normalized spacial score (nSPS) is 10.8. The summed E-state index contributed by atoms with van der Waals surface area (Å²) in [6, 6.07) is 7.70. The van der Waals surface area contributed by atoms with Gasteiger partial charge in [0.15, 0.2) is 5.96 Å². The second-order valence-corrected chi connectivity index (χ2v) is 4.79. The van der Waals surface area contributed by atoms with E-state index in [1.165, 1.54) is 4.90 Å². The van der Waals surface area contributed by atoms with E-state index in [9.17, 15) is 4.79 Å². The Morgan fingerprint density at radius 2 is 2.09 bits per heavy atom. The van der Waals surface area contributed by atoms with E-state index in [0.29, 0.717) is 19.0 Å². The SMILES string of the molecule is C=CCNC(=NCc1ccccc1OC)NCC(=O)N(C)C. The maximum atomic E-state index is 11.6. The van der Waals surface area contributed by atoms with Crippen molar-refractivity contribution in [3.05, 3.63) is 42.5 Å².